The van der Waals surface area contributed by atoms with Gasteiger partial charge in [0.15, 0.2) is 6.61 Å². The van der Waals surface area contributed by atoms with Gasteiger partial charge in [0.2, 0.25) is 21.7 Å². The normalized spacial score (nSPS) is 16.4. The topological polar surface area (TPSA) is 106 Å². The minimum atomic E-state index is -3.50. The van der Waals surface area contributed by atoms with E-state index in [0.717, 1.165) is 36.1 Å². The van der Waals surface area contributed by atoms with Crippen molar-refractivity contribution >= 4 is 21.6 Å². The molecule has 9 nitrogen and oxygen atoms in total. The number of anilines is 1. The maximum absolute atomic E-state index is 13.0. The Morgan fingerprint density at radius 3 is 2.53 bits per heavy atom. The monoisotopic (exact) mass is 482 g/mol. The van der Waals surface area contributed by atoms with Gasteiger partial charge in [0.1, 0.15) is 5.75 Å². The molecule has 0 atom stereocenters. The van der Waals surface area contributed by atoms with Crippen LogP contribution >= 0.6 is 0 Å². The summed E-state index contributed by atoms with van der Waals surface area (Å²) in [5, 5.41) is 3.88. The van der Waals surface area contributed by atoms with Crippen LogP contribution in [0, 0.1) is 6.92 Å². The number of aryl methyl sites for hydroxylation is 1. The number of carbonyl (C=O) groups is 1. The zero-order chi connectivity index (χ0) is 23.7. The number of hydrogen-bond donors (Lipinski definition) is 0. The van der Waals surface area contributed by atoms with Crippen molar-refractivity contribution in [3.05, 3.63) is 53.9 Å². The first-order valence-corrected chi connectivity index (χ1v) is 12.8. The highest BCUT2D eigenvalue weighted by Gasteiger charge is 2.30. The van der Waals surface area contributed by atoms with E-state index in [-0.39, 0.29) is 12.5 Å². The van der Waals surface area contributed by atoms with E-state index in [1.165, 1.54) is 0 Å². The van der Waals surface area contributed by atoms with Crippen molar-refractivity contribution in [3.8, 4) is 17.1 Å². The minimum absolute atomic E-state index is 0.117. The SMILES string of the molecule is Cc1nc(-c2ccc(OCC(=O)N3CCc4cc(S(=O)(=O)N5CCCCC5)ccc43)cc2)no1. The fraction of sp³-hybridized carbons (Fsp3) is 0.375. The van der Waals surface area contributed by atoms with Crippen LogP contribution in [0.5, 0.6) is 5.75 Å². The van der Waals surface area contributed by atoms with E-state index in [2.05, 4.69) is 10.1 Å². The van der Waals surface area contributed by atoms with Gasteiger partial charge in [0.25, 0.3) is 5.91 Å². The van der Waals surface area contributed by atoms with Crippen molar-refractivity contribution in [1.29, 1.82) is 0 Å². The Morgan fingerprint density at radius 1 is 1.06 bits per heavy atom. The number of ether oxygens (including phenoxy) is 1. The van der Waals surface area contributed by atoms with Crippen LogP contribution in [0.3, 0.4) is 0 Å². The van der Waals surface area contributed by atoms with Crippen molar-refractivity contribution in [1.82, 2.24) is 14.4 Å². The lowest BCUT2D eigenvalue weighted by atomic mass is 10.2. The number of carbonyl (C=O) groups excluding carboxylic acids is 1. The molecule has 0 bridgehead atoms. The van der Waals surface area contributed by atoms with Crippen LogP contribution in [-0.4, -0.2) is 55.0 Å². The summed E-state index contributed by atoms with van der Waals surface area (Å²) >= 11 is 0. The van der Waals surface area contributed by atoms with Gasteiger partial charge in [-0.3, -0.25) is 4.79 Å². The van der Waals surface area contributed by atoms with E-state index in [4.69, 9.17) is 9.26 Å². The molecular weight excluding hydrogens is 456 g/mol. The van der Waals surface area contributed by atoms with E-state index < -0.39 is 10.0 Å². The van der Waals surface area contributed by atoms with E-state index in [1.54, 1.807) is 58.6 Å². The number of fused-ring (bicyclic) bond motifs is 1. The third-order valence-corrected chi connectivity index (χ3v) is 8.10. The van der Waals surface area contributed by atoms with Crippen LogP contribution in [0.2, 0.25) is 0 Å². The molecule has 0 N–H and O–H groups in total. The van der Waals surface area contributed by atoms with Crippen LogP contribution < -0.4 is 9.64 Å². The number of hydrogen-bond acceptors (Lipinski definition) is 7. The first-order valence-electron chi connectivity index (χ1n) is 11.4. The van der Waals surface area contributed by atoms with Crippen LogP contribution in [-0.2, 0) is 21.2 Å². The summed E-state index contributed by atoms with van der Waals surface area (Å²) < 4.78 is 38.2. The van der Waals surface area contributed by atoms with E-state index in [0.29, 0.717) is 48.4 Å². The summed E-state index contributed by atoms with van der Waals surface area (Å²) in [7, 11) is -3.50. The lowest BCUT2D eigenvalue weighted by Gasteiger charge is -2.26. The second-order valence-electron chi connectivity index (χ2n) is 8.50. The molecule has 0 radical (unpaired) electrons. The smallest absolute Gasteiger partial charge is 0.264 e. The van der Waals surface area contributed by atoms with E-state index in [1.807, 2.05) is 0 Å². The van der Waals surface area contributed by atoms with Gasteiger partial charge in [-0.1, -0.05) is 11.6 Å². The van der Waals surface area contributed by atoms with Crippen LogP contribution in [0.4, 0.5) is 5.69 Å². The molecule has 0 spiro atoms. The van der Waals surface area contributed by atoms with Crippen LogP contribution in [0.1, 0.15) is 30.7 Å². The first kappa shape index (κ1) is 22.5. The average Bonchev–Trinajstić information content (AvgIpc) is 3.49. The van der Waals surface area contributed by atoms with E-state index >= 15 is 0 Å². The molecule has 1 fully saturated rings. The molecular formula is C24H26N4O5S. The molecule has 10 heteroatoms. The Morgan fingerprint density at radius 2 is 1.82 bits per heavy atom. The molecule has 0 aliphatic carbocycles. The highest BCUT2D eigenvalue weighted by molar-refractivity contribution is 7.89. The van der Waals surface area contributed by atoms with Crippen molar-refractivity contribution in [2.75, 3.05) is 31.1 Å². The second kappa shape index (κ2) is 9.19. The molecule has 1 saturated heterocycles. The molecule has 3 heterocycles. The molecule has 178 valence electrons. The minimum Gasteiger partial charge on any atom is -0.484 e. The maximum atomic E-state index is 13.0. The molecule has 1 amide bonds. The summed E-state index contributed by atoms with van der Waals surface area (Å²) in [5.74, 6) is 1.36. The van der Waals surface area contributed by atoms with Crippen molar-refractivity contribution < 1.29 is 22.5 Å². The van der Waals surface area contributed by atoms with Gasteiger partial charge < -0.3 is 14.2 Å². The number of rotatable bonds is 6. The summed E-state index contributed by atoms with van der Waals surface area (Å²) in [6, 6.07) is 12.2. The molecule has 2 aliphatic rings. The Bertz CT molecular complexity index is 1300. The fourth-order valence-electron chi connectivity index (χ4n) is 4.39. The molecule has 3 aromatic rings. The molecule has 2 aliphatic heterocycles. The Labute approximate surface area is 198 Å². The lowest BCUT2D eigenvalue weighted by Crippen LogP contribution is -2.35. The van der Waals surface area contributed by atoms with Gasteiger partial charge in [-0.2, -0.15) is 9.29 Å². The standard InChI is InChI=1S/C24H26N4O5S/c1-17-25-24(26-33-17)18-5-7-20(8-6-18)32-16-23(29)28-14-11-19-15-21(9-10-22(19)28)34(30,31)27-12-3-2-4-13-27/h5-10,15H,2-4,11-14,16H2,1H3. The van der Waals surface area contributed by atoms with Gasteiger partial charge in [0, 0.05) is 37.8 Å². The third-order valence-electron chi connectivity index (χ3n) is 6.20. The van der Waals surface area contributed by atoms with Crippen LogP contribution in [0.25, 0.3) is 11.4 Å². The molecule has 2 aromatic carbocycles. The fourth-order valence-corrected chi connectivity index (χ4v) is 5.96. The lowest BCUT2D eigenvalue weighted by molar-refractivity contribution is -0.120. The van der Waals surface area contributed by atoms with Gasteiger partial charge in [0.05, 0.1) is 4.90 Å². The third kappa shape index (κ3) is 4.43. The zero-order valence-corrected chi connectivity index (χ0v) is 19.8. The zero-order valence-electron chi connectivity index (χ0n) is 18.9. The Kier molecular flexibility index (Phi) is 6.09. The number of nitrogens with zero attached hydrogens (tertiary/aromatic N) is 4. The number of benzene rings is 2. The molecule has 0 saturated carbocycles. The molecule has 0 unspecified atom stereocenters. The number of sulfonamides is 1. The quantitative estimate of drug-likeness (QED) is 0.531. The molecule has 1 aromatic heterocycles. The van der Waals surface area contributed by atoms with Crippen molar-refractivity contribution in [3.63, 3.8) is 0 Å². The number of aromatic nitrogens is 2. The molecule has 5 rings (SSSR count). The van der Waals surface area contributed by atoms with Crippen molar-refractivity contribution in [2.45, 2.75) is 37.5 Å². The van der Waals surface area contributed by atoms with Gasteiger partial charge in [-0.15, -0.1) is 0 Å². The summed E-state index contributed by atoms with van der Waals surface area (Å²) in [6.07, 6.45) is 3.47. The Hall–Kier alpha value is -3.24. The summed E-state index contributed by atoms with van der Waals surface area (Å²) in [6.45, 7) is 3.24. The highest BCUT2D eigenvalue weighted by Crippen LogP contribution is 2.32. The second-order valence-corrected chi connectivity index (χ2v) is 10.4. The predicted octanol–water partition coefficient (Wildman–Crippen LogP) is 3.19. The number of piperidine rings is 1. The maximum Gasteiger partial charge on any atom is 0.264 e. The Balaban J connectivity index is 1.23. The van der Waals surface area contributed by atoms with Crippen LogP contribution in [0.15, 0.2) is 51.9 Å². The number of amides is 1. The van der Waals surface area contributed by atoms with Crippen molar-refractivity contribution in [2.24, 2.45) is 0 Å². The predicted molar refractivity (Wildman–Crippen MR) is 125 cm³/mol. The first-order chi connectivity index (χ1) is 16.4. The summed E-state index contributed by atoms with van der Waals surface area (Å²) in [5.41, 5.74) is 2.40. The molecule has 34 heavy (non-hydrogen) atoms. The van der Waals surface area contributed by atoms with Gasteiger partial charge in [-0.05, 0) is 67.3 Å². The average molecular weight is 483 g/mol. The summed E-state index contributed by atoms with van der Waals surface area (Å²) in [4.78, 5) is 19.0. The van der Waals surface area contributed by atoms with Gasteiger partial charge in [-0.25, -0.2) is 8.42 Å². The van der Waals surface area contributed by atoms with Gasteiger partial charge >= 0.3 is 0 Å². The largest absolute Gasteiger partial charge is 0.484 e. The van der Waals surface area contributed by atoms with E-state index in [9.17, 15) is 13.2 Å². The highest BCUT2D eigenvalue weighted by atomic mass is 32.2.